The summed E-state index contributed by atoms with van der Waals surface area (Å²) in [6.45, 7) is 1.86. The van der Waals surface area contributed by atoms with Crippen LogP contribution in [0, 0.1) is 6.92 Å². The van der Waals surface area contributed by atoms with Gasteiger partial charge >= 0.3 is 0 Å². The van der Waals surface area contributed by atoms with Crippen LogP contribution < -0.4 is 15.4 Å². The monoisotopic (exact) mass is 451 g/mol. The minimum atomic E-state index is -2.79. The third-order valence-corrected chi connectivity index (χ3v) is 4.79. The molecule has 33 heavy (non-hydrogen) atoms. The molecule has 168 valence electrons. The molecule has 0 bridgehead atoms. The first-order valence-electron chi connectivity index (χ1n) is 9.90. The van der Waals surface area contributed by atoms with E-state index in [1.165, 1.54) is 25.4 Å². The number of benzene rings is 2. The molecule has 2 heterocycles. The van der Waals surface area contributed by atoms with Crippen LogP contribution in [-0.4, -0.2) is 33.8 Å². The Hall–Kier alpha value is -4.34. The number of amides is 2. The first kappa shape index (κ1) is 21.9. The molecule has 0 radical (unpaired) electrons. The van der Waals surface area contributed by atoms with E-state index in [1.54, 1.807) is 36.4 Å². The molecule has 2 amide bonds. The standard InChI is InChI=1S/C23H19F2N5O3/c1-12-6-7-15(18(10-12)33-13-8-9-27-17(11-13)23(32)26-2)29-22(31)14-4-3-5-16-19(14)30-21(28-16)20(24)25/h3-11,20H,1-2H3,(H,26,32)(H,28,30)(H,29,31). The Morgan fingerprint density at radius 1 is 1.09 bits per heavy atom. The van der Waals surface area contributed by atoms with Gasteiger partial charge in [-0.2, -0.15) is 0 Å². The highest BCUT2D eigenvalue weighted by Gasteiger charge is 2.19. The van der Waals surface area contributed by atoms with Crippen molar-refractivity contribution in [1.82, 2.24) is 20.3 Å². The highest BCUT2D eigenvalue weighted by Crippen LogP contribution is 2.32. The zero-order chi connectivity index (χ0) is 23.5. The van der Waals surface area contributed by atoms with Crippen LogP contribution in [0.4, 0.5) is 14.5 Å². The number of aryl methyl sites for hydroxylation is 1. The van der Waals surface area contributed by atoms with Gasteiger partial charge in [-0.25, -0.2) is 13.8 Å². The maximum atomic E-state index is 13.0. The van der Waals surface area contributed by atoms with E-state index in [9.17, 15) is 18.4 Å². The summed E-state index contributed by atoms with van der Waals surface area (Å²) in [5, 5.41) is 5.24. The van der Waals surface area contributed by atoms with Gasteiger partial charge in [-0.15, -0.1) is 0 Å². The van der Waals surface area contributed by atoms with E-state index >= 15 is 0 Å². The summed E-state index contributed by atoms with van der Waals surface area (Å²) in [5.41, 5.74) is 2.01. The summed E-state index contributed by atoms with van der Waals surface area (Å²) in [5.74, 6) is -0.731. The number of hydrogen-bond donors (Lipinski definition) is 3. The van der Waals surface area contributed by atoms with E-state index < -0.39 is 18.2 Å². The number of pyridine rings is 1. The number of hydrogen-bond acceptors (Lipinski definition) is 5. The number of aromatic amines is 1. The molecular formula is C23H19F2N5O3. The van der Waals surface area contributed by atoms with Gasteiger partial charge in [0.1, 0.15) is 17.0 Å². The van der Waals surface area contributed by atoms with Gasteiger partial charge in [0, 0.05) is 19.3 Å². The van der Waals surface area contributed by atoms with Crippen molar-refractivity contribution in [3.63, 3.8) is 0 Å². The van der Waals surface area contributed by atoms with Crippen molar-refractivity contribution >= 4 is 28.5 Å². The first-order chi connectivity index (χ1) is 15.9. The number of halogens is 2. The maximum absolute atomic E-state index is 13.0. The van der Waals surface area contributed by atoms with Gasteiger partial charge in [-0.1, -0.05) is 12.1 Å². The lowest BCUT2D eigenvalue weighted by Crippen LogP contribution is -2.19. The molecule has 4 aromatic rings. The van der Waals surface area contributed by atoms with Crippen LogP contribution in [0.25, 0.3) is 11.0 Å². The van der Waals surface area contributed by atoms with E-state index in [-0.39, 0.29) is 22.7 Å². The molecule has 0 aliphatic rings. The predicted octanol–water partition coefficient (Wildman–Crippen LogP) is 4.61. The molecule has 0 aliphatic carbocycles. The maximum Gasteiger partial charge on any atom is 0.295 e. The zero-order valence-corrected chi connectivity index (χ0v) is 17.6. The number of para-hydroxylation sites is 1. The van der Waals surface area contributed by atoms with Crippen LogP contribution in [0.15, 0.2) is 54.7 Å². The molecule has 10 heteroatoms. The van der Waals surface area contributed by atoms with Crippen LogP contribution >= 0.6 is 0 Å². The van der Waals surface area contributed by atoms with Crippen molar-refractivity contribution in [2.75, 3.05) is 12.4 Å². The number of alkyl halides is 2. The fourth-order valence-electron chi connectivity index (χ4n) is 3.20. The lowest BCUT2D eigenvalue weighted by Gasteiger charge is -2.14. The van der Waals surface area contributed by atoms with E-state index in [0.29, 0.717) is 22.7 Å². The molecule has 0 unspecified atom stereocenters. The number of aromatic nitrogens is 3. The van der Waals surface area contributed by atoms with Gasteiger partial charge in [0.15, 0.2) is 11.6 Å². The number of rotatable bonds is 6. The van der Waals surface area contributed by atoms with E-state index in [0.717, 1.165) is 5.56 Å². The second kappa shape index (κ2) is 9.03. The SMILES string of the molecule is CNC(=O)c1cc(Oc2cc(C)ccc2NC(=O)c2cccc3[nH]c(C(F)F)nc23)ccn1. The number of anilines is 1. The van der Waals surface area contributed by atoms with Gasteiger partial charge in [0.05, 0.1) is 16.8 Å². The molecule has 2 aromatic carbocycles. The Balaban J connectivity index is 1.64. The van der Waals surface area contributed by atoms with Crippen molar-refractivity contribution in [1.29, 1.82) is 0 Å². The molecule has 0 atom stereocenters. The largest absolute Gasteiger partial charge is 0.455 e. The summed E-state index contributed by atoms with van der Waals surface area (Å²) < 4.78 is 32.0. The number of ether oxygens (including phenoxy) is 1. The molecule has 0 spiro atoms. The van der Waals surface area contributed by atoms with Crippen molar-refractivity contribution in [3.8, 4) is 11.5 Å². The topological polar surface area (TPSA) is 109 Å². The number of imidazole rings is 1. The van der Waals surface area contributed by atoms with Gasteiger partial charge in [0.2, 0.25) is 0 Å². The normalized spacial score (nSPS) is 10.9. The summed E-state index contributed by atoms with van der Waals surface area (Å²) in [6, 6.07) is 12.9. The van der Waals surface area contributed by atoms with Crippen LogP contribution in [0.3, 0.4) is 0 Å². The van der Waals surface area contributed by atoms with Crippen molar-refractivity contribution in [2.45, 2.75) is 13.3 Å². The molecule has 4 rings (SSSR count). The summed E-state index contributed by atoms with van der Waals surface area (Å²) in [7, 11) is 1.50. The Labute approximate surface area is 187 Å². The van der Waals surface area contributed by atoms with Crippen molar-refractivity contribution in [3.05, 3.63) is 77.4 Å². The third-order valence-electron chi connectivity index (χ3n) is 4.79. The summed E-state index contributed by atoms with van der Waals surface area (Å²) in [4.78, 5) is 35.2. The van der Waals surface area contributed by atoms with E-state index in [1.807, 2.05) is 6.92 Å². The fourth-order valence-corrected chi connectivity index (χ4v) is 3.20. The van der Waals surface area contributed by atoms with Crippen LogP contribution in [0.2, 0.25) is 0 Å². The van der Waals surface area contributed by atoms with Gasteiger partial charge in [0.25, 0.3) is 18.2 Å². The van der Waals surface area contributed by atoms with Crippen LogP contribution in [0.1, 0.15) is 38.7 Å². The molecule has 8 nitrogen and oxygen atoms in total. The van der Waals surface area contributed by atoms with Crippen molar-refractivity contribution < 1.29 is 23.1 Å². The Morgan fingerprint density at radius 2 is 1.91 bits per heavy atom. The smallest absolute Gasteiger partial charge is 0.295 e. The minimum Gasteiger partial charge on any atom is -0.455 e. The zero-order valence-electron chi connectivity index (χ0n) is 17.6. The second-order valence-electron chi connectivity index (χ2n) is 7.14. The van der Waals surface area contributed by atoms with Gasteiger partial charge in [-0.3, -0.25) is 14.6 Å². The predicted molar refractivity (Wildman–Crippen MR) is 118 cm³/mol. The number of fused-ring (bicyclic) bond motifs is 1. The Kier molecular flexibility index (Phi) is 5.99. The lowest BCUT2D eigenvalue weighted by atomic mass is 10.1. The highest BCUT2D eigenvalue weighted by atomic mass is 19.3. The molecule has 0 saturated carbocycles. The number of nitrogens with zero attached hydrogens (tertiary/aromatic N) is 2. The number of carbonyl (C=O) groups excluding carboxylic acids is 2. The first-order valence-corrected chi connectivity index (χ1v) is 9.90. The lowest BCUT2D eigenvalue weighted by molar-refractivity contribution is 0.0957. The summed E-state index contributed by atoms with van der Waals surface area (Å²) in [6.07, 6.45) is -1.35. The molecule has 2 aromatic heterocycles. The Morgan fingerprint density at radius 3 is 2.67 bits per heavy atom. The van der Waals surface area contributed by atoms with Crippen LogP contribution in [-0.2, 0) is 0 Å². The van der Waals surface area contributed by atoms with E-state index in [4.69, 9.17) is 4.74 Å². The molecule has 3 N–H and O–H groups in total. The number of H-pyrrole nitrogens is 1. The molecule has 0 aliphatic heterocycles. The number of nitrogens with one attached hydrogen (secondary N) is 3. The number of carbonyl (C=O) groups is 2. The molecule has 0 fully saturated rings. The molecular weight excluding hydrogens is 432 g/mol. The second-order valence-corrected chi connectivity index (χ2v) is 7.14. The minimum absolute atomic E-state index is 0.132. The van der Waals surface area contributed by atoms with Crippen LogP contribution in [0.5, 0.6) is 11.5 Å². The average Bonchev–Trinajstić information content (AvgIpc) is 3.25. The van der Waals surface area contributed by atoms with Gasteiger partial charge in [-0.05, 0) is 42.8 Å². The fraction of sp³-hybridized carbons (Fsp3) is 0.130. The highest BCUT2D eigenvalue weighted by molar-refractivity contribution is 6.12. The van der Waals surface area contributed by atoms with Gasteiger partial charge < -0.3 is 20.4 Å². The summed E-state index contributed by atoms with van der Waals surface area (Å²) >= 11 is 0. The van der Waals surface area contributed by atoms with E-state index in [2.05, 4.69) is 25.6 Å². The quantitative estimate of drug-likeness (QED) is 0.397. The Bertz CT molecular complexity index is 1350. The third kappa shape index (κ3) is 4.64. The average molecular weight is 451 g/mol. The molecule has 0 saturated heterocycles. The van der Waals surface area contributed by atoms with Crippen molar-refractivity contribution in [2.24, 2.45) is 0 Å².